The lowest BCUT2D eigenvalue weighted by Crippen LogP contribution is -2.47. The molecule has 6 heteroatoms. The fourth-order valence-corrected chi connectivity index (χ4v) is 1.58. The molecule has 6 nitrogen and oxygen atoms in total. The van der Waals surface area contributed by atoms with Gasteiger partial charge in [0.25, 0.3) is 0 Å². The van der Waals surface area contributed by atoms with Crippen molar-refractivity contribution in [3.8, 4) is 0 Å². The van der Waals surface area contributed by atoms with Crippen molar-refractivity contribution in [1.29, 1.82) is 0 Å². The van der Waals surface area contributed by atoms with Crippen LogP contribution in [0.15, 0.2) is 0 Å². The minimum absolute atomic E-state index is 0.214. The Labute approximate surface area is 107 Å². The zero-order chi connectivity index (χ0) is 13.6. The molecule has 1 saturated carbocycles. The highest BCUT2D eigenvalue weighted by atomic mass is 16.5. The topological polar surface area (TPSA) is 87.7 Å². The molecule has 0 aromatic heterocycles. The first-order chi connectivity index (χ1) is 8.47. The maximum absolute atomic E-state index is 11.5. The molecule has 0 saturated heterocycles. The Bertz CT molecular complexity index is 302. The molecule has 1 aliphatic carbocycles. The number of rotatable bonds is 8. The van der Waals surface area contributed by atoms with E-state index in [1.165, 1.54) is 0 Å². The number of methoxy groups -OCH3 is 1. The van der Waals surface area contributed by atoms with Crippen molar-refractivity contribution >= 4 is 12.0 Å². The van der Waals surface area contributed by atoms with E-state index in [1.807, 2.05) is 0 Å². The average molecular weight is 258 g/mol. The number of carbonyl (C=O) groups is 2. The van der Waals surface area contributed by atoms with E-state index in [0.717, 1.165) is 12.8 Å². The van der Waals surface area contributed by atoms with Gasteiger partial charge in [0.2, 0.25) is 0 Å². The smallest absolute Gasteiger partial charge is 0.326 e. The summed E-state index contributed by atoms with van der Waals surface area (Å²) in [6.45, 7) is 3.19. The Balaban J connectivity index is 2.25. The van der Waals surface area contributed by atoms with Crippen LogP contribution in [-0.2, 0) is 9.53 Å². The highest BCUT2D eigenvalue weighted by Crippen LogP contribution is 2.43. The molecule has 0 radical (unpaired) electrons. The third kappa shape index (κ3) is 5.35. The van der Waals surface area contributed by atoms with E-state index >= 15 is 0 Å². The van der Waals surface area contributed by atoms with Gasteiger partial charge in [-0.05, 0) is 31.1 Å². The summed E-state index contributed by atoms with van der Waals surface area (Å²) in [4.78, 5) is 22.5. The summed E-state index contributed by atoms with van der Waals surface area (Å²) in [5.41, 5.74) is 0.214. The van der Waals surface area contributed by atoms with Crippen molar-refractivity contribution in [3.63, 3.8) is 0 Å². The molecule has 1 rings (SSSR count). The molecule has 18 heavy (non-hydrogen) atoms. The monoisotopic (exact) mass is 258 g/mol. The number of amides is 2. The standard InChI is InChI=1S/C12H22N2O4/c1-12(5-6-12)8-13-11(17)14-9(10(15)16)4-3-7-18-2/h9H,3-8H2,1-2H3,(H,15,16)(H2,13,14,17). The molecule has 0 spiro atoms. The van der Waals surface area contributed by atoms with Crippen LogP contribution < -0.4 is 10.6 Å². The Hall–Kier alpha value is -1.30. The van der Waals surface area contributed by atoms with E-state index in [4.69, 9.17) is 9.84 Å². The first-order valence-corrected chi connectivity index (χ1v) is 6.23. The maximum atomic E-state index is 11.5. The van der Waals surface area contributed by atoms with Crippen molar-refractivity contribution in [2.45, 2.75) is 38.6 Å². The van der Waals surface area contributed by atoms with Crippen molar-refractivity contribution in [3.05, 3.63) is 0 Å². The van der Waals surface area contributed by atoms with Crippen molar-refractivity contribution in [2.24, 2.45) is 5.41 Å². The Kier molecular flexibility index (Phi) is 5.40. The minimum atomic E-state index is -1.01. The molecule has 104 valence electrons. The Morgan fingerprint density at radius 2 is 2.11 bits per heavy atom. The zero-order valence-corrected chi connectivity index (χ0v) is 11.0. The second-order valence-corrected chi connectivity index (χ2v) is 5.16. The number of urea groups is 1. The molecule has 0 aromatic rings. The summed E-state index contributed by atoms with van der Waals surface area (Å²) in [5, 5.41) is 14.2. The fraction of sp³-hybridized carbons (Fsp3) is 0.833. The summed E-state index contributed by atoms with van der Waals surface area (Å²) >= 11 is 0. The second kappa shape index (κ2) is 6.58. The van der Waals surface area contributed by atoms with Gasteiger partial charge in [-0.2, -0.15) is 0 Å². The minimum Gasteiger partial charge on any atom is -0.480 e. The van der Waals surface area contributed by atoms with Gasteiger partial charge in [0, 0.05) is 20.3 Å². The van der Waals surface area contributed by atoms with Crippen LogP contribution >= 0.6 is 0 Å². The van der Waals surface area contributed by atoms with Crippen LogP contribution in [0, 0.1) is 5.41 Å². The molecule has 1 aliphatic rings. The quantitative estimate of drug-likeness (QED) is 0.566. The lowest BCUT2D eigenvalue weighted by molar-refractivity contribution is -0.139. The van der Waals surface area contributed by atoms with Crippen molar-refractivity contribution < 1.29 is 19.4 Å². The van der Waals surface area contributed by atoms with E-state index in [1.54, 1.807) is 7.11 Å². The molecule has 1 atom stereocenters. The largest absolute Gasteiger partial charge is 0.480 e. The Morgan fingerprint density at radius 1 is 1.44 bits per heavy atom. The molecular weight excluding hydrogens is 236 g/mol. The van der Waals surface area contributed by atoms with Crippen molar-refractivity contribution in [1.82, 2.24) is 10.6 Å². The SMILES string of the molecule is COCCCC(NC(=O)NCC1(C)CC1)C(=O)O. The lowest BCUT2D eigenvalue weighted by atomic mass is 10.1. The van der Waals surface area contributed by atoms with Crippen LogP contribution in [0.2, 0.25) is 0 Å². The molecular formula is C12H22N2O4. The lowest BCUT2D eigenvalue weighted by Gasteiger charge is -2.16. The van der Waals surface area contributed by atoms with Gasteiger partial charge >= 0.3 is 12.0 Å². The summed E-state index contributed by atoms with van der Waals surface area (Å²) in [6.07, 6.45) is 3.20. The van der Waals surface area contributed by atoms with Gasteiger partial charge < -0.3 is 20.5 Å². The average Bonchev–Trinajstić information content (AvgIpc) is 3.04. The third-order valence-corrected chi connectivity index (χ3v) is 3.22. The predicted molar refractivity (Wildman–Crippen MR) is 66.4 cm³/mol. The molecule has 0 heterocycles. The van der Waals surface area contributed by atoms with Gasteiger partial charge in [0.1, 0.15) is 6.04 Å². The van der Waals surface area contributed by atoms with Crippen LogP contribution in [-0.4, -0.2) is 43.4 Å². The number of hydrogen-bond acceptors (Lipinski definition) is 3. The number of aliphatic carboxylic acids is 1. The normalized spacial score (nSPS) is 17.9. The van der Waals surface area contributed by atoms with Gasteiger partial charge in [-0.15, -0.1) is 0 Å². The number of ether oxygens (including phenoxy) is 1. The zero-order valence-electron chi connectivity index (χ0n) is 11.0. The summed E-state index contributed by atoms with van der Waals surface area (Å²) < 4.78 is 4.86. The number of nitrogens with one attached hydrogen (secondary N) is 2. The predicted octanol–water partition coefficient (Wildman–Crippen LogP) is 0.965. The summed E-state index contributed by atoms with van der Waals surface area (Å²) in [6, 6.07) is -1.26. The van der Waals surface area contributed by atoms with E-state index in [0.29, 0.717) is 26.0 Å². The summed E-state index contributed by atoms with van der Waals surface area (Å²) in [7, 11) is 1.56. The fourth-order valence-electron chi connectivity index (χ4n) is 1.58. The maximum Gasteiger partial charge on any atom is 0.326 e. The van der Waals surface area contributed by atoms with Gasteiger partial charge in [0.05, 0.1) is 0 Å². The van der Waals surface area contributed by atoms with Gasteiger partial charge in [-0.25, -0.2) is 9.59 Å². The third-order valence-electron chi connectivity index (χ3n) is 3.22. The number of carboxylic acids is 1. The molecule has 0 aliphatic heterocycles. The molecule has 0 aromatic carbocycles. The summed E-state index contributed by atoms with van der Waals surface area (Å²) in [5.74, 6) is -1.01. The Morgan fingerprint density at radius 3 is 2.61 bits per heavy atom. The van der Waals surface area contributed by atoms with Crippen LogP contribution in [0.5, 0.6) is 0 Å². The van der Waals surface area contributed by atoms with E-state index in [9.17, 15) is 9.59 Å². The van der Waals surface area contributed by atoms with Gasteiger partial charge in [0.15, 0.2) is 0 Å². The van der Waals surface area contributed by atoms with Crippen LogP contribution in [0.25, 0.3) is 0 Å². The van der Waals surface area contributed by atoms with E-state index in [-0.39, 0.29) is 5.41 Å². The van der Waals surface area contributed by atoms with Crippen LogP contribution in [0.4, 0.5) is 4.79 Å². The van der Waals surface area contributed by atoms with Gasteiger partial charge in [-0.1, -0.05) is 6.92 Å². The first-order valence-electron chi connectivity index (χ1n) is 6.23. The number of carboxylic acid groups (broad SMARTS) is 1. The molecule has 2 amide bonds. The molecule has 1 fully saturated rings. The molecule has 0 bridgehead atoms. The van der Waals surface area contributed by atoms with Gasteiger partial charge in [-0.3, -0.25) is 0 Å². The van der Waals surface area contributed by atoms with E-state index in [2.05, 4.69) is 17.6 Å². The second-order valence-electron chi connectivity index (χ2n) is 5.16. The van der Waals surface area contributed by atoms with E-state index < -0.39 is 18.0 Å². The number of hydrogen-bond donors (Lipinski definition) is 3. The highest BCUT2D eigenvalue weighted by Gasteiger charge is 2.37. The first kappa shape index (κ1) is 14.8. The number of carbonyl (C=O) groups excluding carboxylic acids is 1. The van der Waals surface area contributed by atoms with Crippen LogP contribution in [0.1, 0.15) is 32.6 Å². The molecule has 3 N–H and O–H groups in total. The molecule has 1 unspecified atom stereocenters. The van der Waals surface area contributed by atoms with Crippen LogP contribution in [0.3, 0.4) is 0 Å². The van der Waals surface area contributed by atoms with Crippen molar-refractivity contribution in [2.75, 3.05) is 20.3 Å². The highest BCUT2D eigenvalue weighted by molar-refractivity contribution is 5.82.